The van der Waals surface area contributed by atoms with Crippen molar-refractivity contribution in [3.8, 4) is 10.8 Å². The zero-order valence-electron chi connectivity index (χ0n) is 6.74. The molecule has 0 fully saturated rings. The molecular weight excluding hydrogens is 335 g/mol. The van der Waals surface area contributed by atoms with Crippen molar-refractivity contribution in [1.29, 1.82) is 0 Å². The van der Waals surface area contributed by atoms with Crippen LogP contribution in [0.4, 0.5) is 5.82 Å². The van der Waals surface area contributed by atoms with Crippen LogP contribution in [-0.2, 0) is 0 Å². The van der Waals surface area contributed by atoms with Crippen LogP contribution >= 0.6 is 45.5 Å². The Hall–Kier alpha value is -0.470. The van der Waals surface area contributed by atoms with Crippen LogP contribution in [0.2, 0.25) is 4.34 Å². The average molecular weight is 339 g/mol. The topological polar surface area (TPSA) is 64.7 Å². The van der Waals surface area contributed by atoms with E-state index in [4.69, 9.17) is 17.3 Å². The first-order valence-corrected chi connectivity index (χ1v) is 5.84. The summed E-state index contributed by atoms with van der Waals surface area (Å²) in [5, 5.41) is 0.679. The standard InChI is InChI=1S/C7H4ClIN4S/c8-4-2-12-7(14-4)6-11-1-3(9)5(10)13-6/h1-2H,(H2,10,11,13). The highest BCUT2D eigenvalue weighted by Crippen LogP contribution is 2.26. The van der Waals surface area contributed by atoms with Crippen molar-refractivity contribution >= 4 is 51.3 Å². The van der Waals surface area contributed by atoms with E-state index < -0.39 is 0 Å². The third-order valence-electron chi connectivity index (χ3n) is 1.44. The van der Waals surface area contributed by atoms with Gasteiger partial charge in [-0.3, -0.25) is 0 Å². The van der Waals surface area contributed by atoms with E-state index in [1.165, 1.54) is 11.3 Å². The van der Waals surface area contributed by atoms with E-state index in [9.17, 15) is 0 Å². The molecule has 0 amide bonds. The summed E-state index contributed by atoms with van der Waals surface area (Å²) >= 11 is 9.15. The maximum atomic E-state index is 5.75. The number of hydrogen-bond acceptors (Lipinski definition) is 5. The summed E-state index contributed by atoms with van der Waals surface area (Å²) in [7, 11) is 0. The molecule has 0 saturated carbocycles. The van der Waals surface area contributed by atoms with Gasteiger partial charge in [0.2, 0.25) is 0 Å². The third-order valence-corrected chi connectivity index (χ3v) is 3.38. The SMILES string of the molecule is Nc1nc(-c2ncc(Cl)s2)ncc1I. The van der Waals surface area contributed by atoms with Gasteiger partial charge in [-0.1, -0.05) is 22.9 Å². The van der Waals surface area contributed by atoms with E-state index in [0.717, 1.165) is 3.57 Å². The molecule has 4 nitrogen and oxygen atoms in total. The Bertz CT molecular complexity index is 472. The monoisotopic (exact) mass is 338 g/mol. The molecule has 2 aromatic rings. The number of nitrogens with two attached hydrogens (primary N) is 1. The van der Waals surface area contributed by atoms with E-state index in [1.807, 2.05) is 0 Å². The largest absolute Gasteiger partial charge is 0.383 e. The van der Waals surface area contributed by atoms with Gasteiger partial charge in [0.1, 0.15) is 10.2 Å². The second-order valence-corrected chi connectivity index (χ2v) is 5.22. The number of anilines is 1. The molecule has 0 aromatic carbocycles. The van der Waals surface area contributed by atoms with E-state index in [2.05, 4.69) is 37.5 Å². The van der Waals surface area contributed by atoms with E-state index in [1.54, 1.807) is 12.4 Å². The van der Waals surface area contributed by atoms with Gasteiger partial charge in [-0.05, 0) is 22.6 Å². The number of hydrogen-bond donors (Lipinski definition) is 1. The molecule has 0 unspecified atom stereocenters. The predicted molar refractivity (Wildman–Crippen MR) is 65.3 cm³/mol. The van der Waals surface area contributed by atoms with Crippen LogP contribution < -0.4 is 5.73 Å². The molecule has 0 spiro atoms. The van der Waals surface area contributed by atoms with Crippen molar-refractivity contribution in [1.82, 2.24) is 15.0 Å². The molecule has 0 aliphatic carbocycles. The highest BCUT2D eigenvalue weighted by molar-refractivity contribution is 14.1. The Kier molecular flexibility index (Phi) is 2.84. The zero-order valence-corrected chi connectivity index (χ0v) is 10.5. The number of halogens is 2. The van der Waals surface area contributed by atoms with Crippen molar-refractivity contribution < 1.29 is 0 Å². The molecule has 2 N–H and O–H groups in total. The molecule has 72 valence electrons. The number of nitrogen functional groups attached to an aromatic ring is 1. The maximum Gasteiger partial charge on any atom is 0.190 e. The van der Waals surface area contributed by atoms with E-state index >= 15 is 0 Å². The van der Waals surface area contributed by atoms with Gasteiger partial charge in [-0.25, -0.2) is 15.0 Å². The Morgan fingerprint density at radius 2 is 2.14 bits per heavy atom. The summed E-state index contributed by atoms with van der Waals surface area (Å²) in [6, 6.07) is 0. The summed E-state index contributed by atoms with van der Waals surface area (Å²) in [6.07, 6.45) is 3.23. The minimum absolute atomic E-state index is 0.460. The van der Waals surface area contributed by atoms with Crippen LogP contribution in [0.25, 0.3) is 10.8 Å². The van der Waals surface area contributed by atoms with Crippen LogP contribution in [0, 0.1) is 3.57 Å². The lowest BCUT2D eigenvalue weighted by Crippen LogP contribution is -1.97. The van der Waals surface area contributed by atoms with Gasteiger partial charge in [0.25, 0.3) is 0 Å². The average Bonchev–Trinajstić information content (AvgIpc) is 2.57. The minimum Gasteiger partial charge on any atom is -0.383 e. The molecule has 0 aliphatic rings. The first kappa shape index (κ1) is 10.1. The smallest absolute Gasteiger partial charge is 0.190 e. The Labute approximate surface area is 103 Å². The maximum absolute atomic E-state index is 5.75. The highest BCUT2D eigenvalue weighted by atomic mass is 127. The summed E-state index contributed by atoms with van der Waals surface area (Å²) in [4.78, 5) is 12.3. The van der Waals surface area contributed by atoms with Crippen LogP contribution in [-0.4, -0.2) is 15.0 Å². The lowest BCUT2D eigenvalue weighted by atomic mass is 10.5. The number of nitrogens with zero attached hydrogens (tertiary/aromatic N) is 3. The summed E-state index contributed by atoms with van der Waals surface area (Å²) in [6.45, 7) is 0. The van der Waals surface area contributed by atoms with Crippen molar-refractivity contribution in [2.75, 3.05) is 5.73 Å². The van der Waals surface area contributed by atoms with E-state index in [-0.39, 0.29) is 0 Å². The fourth-order valence-electron chi connectivity index (χ4n) is 0.841. The van der Waals surface area contributed by atoms with Crippen LogP contribution in [0.3, 0.4) is 0 Å². The first-order valence-electron chi connectivity index (χ1n) is 3.56. The van der Waals surface area contributed by atoms with Gasteiger partial charge < -0.3 is 5.73 Å². The molecule has 2 aromatic heterocycles. The van der Waals surface area contributed by atoms with Crippen molar-refractivity contribution in [2.45, 2.75) is 0 Å². The first-order chi connectivity index (χ1) is 6.66. The molecule has 0 atom stereocenters. The van der Waals surface area contributed by atoms with Gasteiger partial charge >= 0.3 is 0 Å². The minimum atomic E-state index is 0.460. The molecule has 14 heavy (non-hydrogen) atoms. The molecule has 2 heterocycles. The fourth-order valence-corrected chi connectivity index (χ4v) is 1.95. The number of thiazole rings is 1. The second-order valence-electron chi connectivity index (χ2n) is 2.40. The second kappa shape index (κ2) is 3.95. The summed E-state index contributed by atoms with van der Waals surface area (Å²) in [5.41, 5.74) is 5.65. The summed E-state index contributed by atoms with van der Waals surface area (Å²) < 4.78 is 1.44. The predicted octanol–water partition coefficient (Wildman–Crippen LogP) is 2.44. The molecular formula is C7H4ClIN4S. The van der Waals surface area contributed by atoms with Crippen LogP contribution in [0.15, 0.2) is 12.4 Å². The van der Waals surface area contributed by atoms with Crippen molar-refractivity contribution in [2.24, 2.45) is 0 Å². The molecule has 0 aliphatic heterocycles. The molecule has 2 rings (SSSR count). The lowest BCUT2D eigenvalue weighted by molar-refractivity contribution is 1.15. The van der Waals surface area contributed by atoms with Gasteiger partial charge in [-0.2, -0.15) is 0 Å². The van der Waals surface area contributed by atoms with Gasteiger partial charge in [0, 0.05) is 6.20 Å². The van der Waals surface area contributed by atoms with Gasteiger partial charge in [-0.15, -0.1) is 0 Å². The summed E-state index contributed by atoms with van der Waals surface area (Å²) in [5.74, 6) is 0.974. The Balaban J connectivity index is 2.47. The third kappa shape index (κ3) is 1.96. The quantitative estimate of drug-likeness (QED) is 0.811. The Morgan fingerprint density at radius 1 is 1.36 bits per heavy atom. The zero-order chi connectivity index (χ0) is 10.1. The highest BCUT2D eigenvalue weighted by Gasteiger charge is 2.08. The van der Waals surface area contributed by atoms with E-state index in [0.29, 0.717) is 21.0 Å². The lowest BCUT2D eigenvalue weighted by Gasteiger charge is -1.98. The van der Waals surface area contributed by atoms with Crippen molar-refractivity contribution in [3.05, 3.63) is 20.3 Å². The van der Waals surface area contributed by atoms with Crippen molar-refractivity contribution in [3.63, 3.8) is 0 Å². The van der Waals surface area contributed by atoms with Gasteiger partial charge in [0.05, 0.1) is 9.77 Å². The fraction of sp³-hybridized carbons (Fsp3) is 0. The molecule has 0 bridgehead atoms. The van der Waals surface area contributed by atoms with Crippen LogP contribution in [0.1, 0.15) is 0 Å². The molecule has 0 saturated heterocycles. The molecule has 7 heteroatoms. The normalized spacial score (nSPS) is 10.4. The van der Waals surface area contributed by atoms with Gasteiger partial charge in [0.15, 0.2) is 10.8 Å². The number of aromatic nitrogens is 3. The molecule has 0 radical (unpaired) electrons. The Morgan fingerprint density at radius 3 is 2.71 bits per heavy atom. The number of rotatable bonds is 1. The van der Waals surface area contributed by atoms with Crippen LogP contribution in [0.5, 0.6) is 0 Å².